The zero-order chi connectivity index (χ0) is 10.7. The summed E-state index contributed by atoms with van der Waals surface area (Å²) in [7, 11) is 0. The Kier molecular flexibility index (Phi) is 2.71. The van der Waals surface area contributed by atoms with Crippen molar-refractivity contribution in [3.05, 3.63) is 29.3 Å². The fraction of sp³-hybridized carbons (Fsp3) is 0.111. The first-order valence-corrected chi connectivity index (χ1v) is 3.85. The van der Waals surface area contributed by atoms with Crippen LogP contribution in [-0.2, 0) is 11.2 Å². The number of benzene rings is 1. The van der Waals surface area contributed by atoms with E-state index < -0.39 is 11.9 Å². The molecule has 1 amide bonds. The molecule has 0 spiro atoms. The zero-order valence-corrected chi connectivity index (χ0v) is 7.23. The van der Waals surface area contributed by atoms with Gasteiger partial charge in [-0.05, 0) is 11.6 Å². The van der Waals surface area contributed by atoms with Crippen LogP contribution in [0.15, 0.2) is 18.2 Å². The van der Waals surface area contributed by atoms with E-state index in [9.17, 15) is 14.7 Å². The SMILES string of the molecule is NC(=O)Cc1cccc(O)c1C(=O)O. The van der Waals surface area contributed by atoms with E-state index in [0.29, 0.717) is 0 Å². The highest BCUT2D eigenvalue weighted by atomic mass is 16.4. The molecule has 0 fully saturated rings. The van der Waals surface area contributed by atoms with Crippen LogP contribution in [0, 0.1) is 0 Å². The standard InChI is InChI=1S/C9H9NO4/c10-7(12)4-5-2-1-3-6(11)8(5)9(13)14/h1-3,11H,4H2,(H2,10,12)(H,13,14). The van der Waals surface area contributed by atoms with Crippen LogP contribution in [0.5, 0.6) is 5.75 Å². The van der Waals surface area contributed by atoms with Crippen LogP contribution in [0.25, 0.3) is 0 Å². The summed E-state index contributed by atoms with van der Waals surface area (Å²) >= 11 is 0. The van der Waals surface area contributed by atoms with Gasteiger partial charge in [-0.3, -0.25) is 4.79 Å². The van der Waals surface area contributed by atoms with Crippen LogP contribution in [-0.4, -0.2) is 22.1 Å². The number of hydrogen-bond acceptors (Lipinski definition) is 3. The first-order chi connectivity index (χ1) is 6.52. The summed E-state index contributed by atoms with van der Waals surface area (Å²) < 4.78 is 0. The van der Waals surface area contributed by atoms with Gasteiger partial charge < -0.3 is 15.9 Å². The Bertz CT molecular complexity index is 386. The fourth-order valence-electron chi connectivity index (χ4n) is 1.17. The normalized spacial score (nSPS) is 9.71. The number of hydrogen-bond donors (Lipinski definition) is 3. The molecule has 0 saturated carbocycles. The van der Waals surface area contributed by atoms with Crippen LogP contribution in [0.4, 0.5) is 0 Å². The van der Waals surface area contributed by atoms with Gasteiger partial charge in [0, 0.05) is 0 Å². The van der Waals surface area contributed by atoms with E-state index in [4.69, 9.17) is 10.8 Å². The lowest BCUT2D eigenvalue weighted by molar-refractivity contribution is -0.117. The number of carboxylic acid groups (broad SMARTS) is 1. The van der Waals surface area contributed by atoms with Crippen LogP contribution >= 0.6 is 0 Å². The van der Waals surface area contributed by atoms with Crippen LogP contribution in [0.3, 0.4) is 0 Å². The molecule has 5 nitrogen and oxygen atoms in total. The van der Waals surface area contributed by atoms with E-state index in [0.717, 1.165) is 0 Å². The Morgan fingerprint density at radius 3 is 2.50 bits per heavy atom. The quantitative estimate of drug-likeness (QED) is 0.637. The zero-order valence-electron chi connectivity index (χ0n) is 7.23. The van der Waals surface area contributed by atoms with Crippen LogP contribution < -0.4 is 5.73 Å². The van der Waals surface area contributed by atoms with E-state index in [-0.39, 0.29) is 23.3 Å². The molecular formula is C9H9NO4. The highest BCUT2D eigenvalue weighted by molar-refractivity contribution is 5.94. The number of primary amides is 1. The van der Waals surface area contributed by atoms with Gasteiger partial charge >= 0.3 is 5.97 Å². The predicted molar refractivity (Wildman–Crippen MR) is 48.0 cm³/mol. The number of rotatable bonds is 3. The molecule has 0 radical (unpaired) electrons. The molecule has 0 aliphatic rings. The van der Waals surface area contributed by atoms with Crippen molar-refractivity contribution in [1.82, 2.24) is 0 Å². The lowest BCUT2D eigenvalue weighted by Gasteiger charge is -2.05. The van der Waals surface area contributed by atoms with E-state index in [1.54, 1.807) is 0 Å². The van der Waals surface area contributed by atoms with Crippen molar-refractivity contribution >= 4 is 11.9 Å². The van der Waals surface area contributed by atoms with Crippen molar-refractivity contribution in [2.75, 3.05) is 0 Å². The van der Waals surface area contributed by atoms with Crippen molar-refractivity contribution in [2.24, 2.45) is 5.73 Å². The average Bonchev–Trinajstić information content (AvgIpc) is 2.01. The highest BCUT2D eigenvalue weighted by Crippen LogP contribution is 2.21. The van der Waals surface area contributed by atoms with Crippen molar-refractivity contribution in [2.45, 2.75) is 6.42 Å². The summed E-state index contributed by atoms with van der Waals surface area (Å²) in [4.78, 5) is 21.3. The Balaban J connectivity index is 3.21. The summed E-state index contributed by atoms with van der Waals surface area (Å²) in [5, 5.41) is 18.0. The smallest absolute Gasteiger partial charge is 0.339 e. The van der Waals surface area contributed by atoms with Gasteiger partial charge in [-0.2, -0.15) is 0 Å². The molecule has 1 aromatic rings. The second kappa shape index (κ2) is 3.78. The summed E-state index contributed by atoms with van der Waals surface area (Å²) in [5.74, 6) is -2.28. The second-order valence-electron chi connectivity index (χ2n) is 2.76. The lowest BCUT2D eigenvalue weighted by Crippen LogP contribution is -2.16. The molecule has 0 unspecified atom stereocenters. The molecule has 0 aliphatic carbocycles. The highest BCUT2D eigenvalue weighted by Gasteiger charge is 2.15. The molecule has 1 rings (SSSR count). The number of aromatic hydroxyl groups is 1. The molecule has 0 atom stereocenters. The Morgan fingerprint density at radius 2 is 2.00 bits per heavy atom. The molecule has 5 heteroatoms. The van der Waals surface area contributed by atoms with E-state index in [2.05, 4.69) is 0 Å². The molecule has 14 heavy (non-hydrogen) atoms. The van der Waals surface area contributed by atoms with Crippen LogP contribution in [0.1, 0.15) is 15.9 Å². The third kappa shape index (κ3) is 2.01. The Hall–Kier alpha value is -2.04. The maximum Gasteiger partial charge on any atom is 0.339 e. The number of carboxylic acids is 1. The van der Waals surface area contributed by atoms with Gasteiger partial charge in [-0.1, -0.05) is 12.1 Å². The molecule has 0 saturated heterocycles. The summed E-state index contributed by atoms with van der Waals surface area (Å²) in [6, 6.07) is 4.14. The summed E-state index contributed by atoms with van der Waals surface area (Å²) in [5.41, 5.74) is 4.87. The molecule has 0 aliphatic heterocycles. The molecule has 0 heterocycles. The van der Waals surface area contributed by atoms with Gasteiger partial charge in [0.2, 0.25) is 5.91 Å². The third-order valence-electron chi connectivity index (χ3n) is 1.71. The fourth-order valence-corrected chi connectivity index (χ4v) is 1.17. The molecule has 4 N–H and O–H groups in total. The topological polar surface area (TPSA) is 101 Å². The number of carbonyl (C=O) groups is 2. The predicted octanol–water partition coefficient (Wildman–Crippen LogP) is 0.118. The Morgan fingerprint density at radius 1 is 1.36 bits per heavy atom. The first kappa shape index (κ1) is 10.0. The van der Waals surface area contributed by atoms with Crippen molar-refractivity contribution in [3.8, 4) is 5.75 Å². The van der Waals surface area contributed by atoms with Gasteiger partial charge in [0.1, 0.15) is 11.3 Å². The second-order valence-corrected chi connectivity index (χ2v) is 2.76. The number of phenols is 1. The van der Waals surface area contributed by atoms with E-state index >= 15 is 0 Å². The van der Waals surface area contributed by atoms with Gasteiger partial charge in [0.05, 0.1) is 6.42 Å². The van der Waals surface area contributed by atoms with Crippen molar-refractivity contribution in [3.63, 3.8) is 0 Å². The van der Waals surface area contributed by atoms with Crippen molar-refractivity contribution < 1.29 is 19.8 Å². The summed E-state index contributed by atoms with van der Waals surface area (Å²) in [6.07, 6.45) is -0.198. The minimum absolute atomic E-state index is 0.198. The van der Waals surface area contributed by atoms with Crippen molar-refractivity contribution in [1.29, 1.82) is 0 Å². The maximum absolute atomic E-state index is 10.7. The molecule has 74 valence electrons. The molecule has 1 aromatic carbocycles. The van der Waals surface area contributed by atoms with E-state index in [1.165, 1.54) is 18.2 Å². The monoisotopic (exact) mass is 195 g/mol. The first-order valence-electron chi connectivity index (χ1n) is 3.85. The number of carbonyl (C=O) groups excluding carboxylic acids is 1. The summed E-state index contributed by atoms with van der Waals surface area (Å²) in [6.45, 7) is 0. The number of nitrogens with two attached hydrogens (primary N) is 1. The maximum atomic E-state index is 10.7. The van der Waals surface area contributed by atoms with Gasteiger partial charge in [0.25, 0.3) is 0 Å². The molecule has 0 aromatic heterocycles. The largest absolute Gasteiger partial charge is 0.507 e. The molecular weight excluding hydrogens is 186 g/mol. The van der Waals surface area contributed by atoms with Gasteiger partial charge in [-0.25, -0.2) is 4.79 Å². The Labute approximate surface area is 79.8 Å². The van der Waals surface area contributed by atoms with Gasteiger partial charge in [-0.15, -0.1) is 0 Å². The third-order valence-corrected chi connectivity index (χ3v) is 1.71. The van der Waals surface area contributed by atoms with Gasteiger partial charge in [0.15, 0.2) is 0 Å². The van der Waals surface area contributed by atoms with E-state index in [1.807, 2.05) is 0 Å². The minimum atomic E-state index is -1.28. The molecule has 0 bridgehead atoms. The average molecular weight is 195 g/mol. The number of aromatic carboxylic acids is 1. The lowest BCUT2D eigenvalue weighted by atomic mass is 10.0. The minimum Gasteiger partial charge on any atom is -0.507 e. The van der Waals surface area contributed by atoms with Crippen LogP contribution in [0.2, 0.25) is 0 Å². The number of amides is 1.